The van der Waals surface area contributed by atoms with E-state index in [4.69, 9.17) is 14.2 Å². The lowest BCUT2D eigenvalue weighted by Gasteiger charge is -2.09. The summed E-state index contributed by atoms with van der Waals surface area (Å²) in [5, 5.41) is 13.0. The smallest absolute Gasteiger partial charge is 0.345 e. The molecule has 31 heavy (non-hydrogen) atoms. The number of carbonyl (C=O) groups is 3. The Morgan fingerprint density at radius 3 is 2.32 bits per heavy atom. The highest BCUT2D eigenvalue weighted by molar-refractivity contribution is 6.18. The van der Waals surface area contributed by atoms with Gasteiger partial charge in [-0.25, -0.2) is 23.2 Å². The first-order valence-electron chi connectivity index (χ1n) is 9.68. The number of ether oxygens (including phenoxy) is 3. The third kappa shape index (κ3) is 4.04. The van der Waals surface area contributed by atoms with Crippen molar-refractivity contribution in [3.63, 3.8) is 0 Å². The average Bonchev–Trinajstić information content (AvgIpc) is 3.07. The van der Waals surface area contributed by atoms with Crippen molar-refractivity contribution in [2.75, 3.05) is 19.8 Å². The molecule has 162 valence electrons. The highest BCUT2D eigenvalue weighted by atomic mass is 16.6. The third-order valence-electron chi connectivity index (χ3n) is 4.28. The molecule has 3 heterocycles. The summed E-state index contributed by atoms with van der Waals surface area (Å²) < 4.78 is 17.7. The topological polar surface area (TPSA) is 123 Å². The minimum absolute atomic E-state index is 0.0613. The molecule has 0 bridgehead atoms. The fourth-order valence-electron chi connectivity index (χ4n) is 3.01. The molecule has 3 aromatic heterocycles. The first-order valence-corrected chi connectivity index (χ1v) is 9.68. The predicted octanol–water partition coefficient (Wildman–Crippen LogP) is 0.833. The zero-order valence-corrected chi connectivity index (χ0v) is 17.3. The van der Waals surface area contributed by atoms with E-state index >= 15 is 0 Å². The molecule has 0 aliphatic carbocycles. The summed E-state index contributed by atoms with van der Waals surface area (Å²) in [7, 11) is 0. The minimum atomic E-state index is -0.865. The van der Waals surface area contributed by atoms with Gasteiger partial charge in [-0.2, -0.15) is 0 Å². The van der Waals surface area contributed by atoms with E-state index in [1.165, 1.54) is 10.5 Å². The summed E-state index contributed by atoms with van der Waals surface area (Å²) in [4.78, 5) is 41.2. The van der Waals surface area contributed by atoms with Gasteiger partial charge in [-0.05, 0) is 26.8 Å². The standard InChI is InChI=1S/C21H21N3O7/c1-4-29-19(26)13(20(27)30-5-2)11-15-17-22-12-14(21(28)31-6-3)18(25)24(17)16-9-7-8-10-23(15)16/h7-12H,4-6H2,1-3H3. The van der Waals surface area contributed by atoms with Crippen molar-refractivity contribution in [3.8, 4) is 5.88 Å². The molecule has 3 rings (SSSR count). The van der Waals surface area contributed by atoms with E-state index in [1.54, 1.807) is 49.6 Å². The van der Waals surface area contributed by atoms with Crippen LogP contribution in [0.2, 0.25) is 0 Å². The van der Waals surface area contributed by atoms with Gasteiger partial charge in [-0.3, -0.25) is 0 Å². The summed E-state index contributed by atoms with van der Waals surface area (Å²) >= 11 is 0. The van der Waals surface area contributed by atoms with E-state index in [2.05, 4.69) is 4.98 Å². The summed E-state index contributed by atoms with van der Waals surface area (Å²) in [6.45, 7) is 5.08. The lowest BCUT2D eigenvalue weighted by Crippen LogP contribution is -2.30. The Kier molecular flexibility index (Phi) is 6.49. The number of esters is 3. The molecule has 0 radical (unpaired) electrons. The summed E-state index contributed by atoms with van der Waals surface area (Å²) in [5.74, 6) is -3.16. The largest absolute Gasteiger partial charge is 0.847 e. The van der Waals surface area contributed by atoms with Crippen molar-refractivity contribution in [1.82, 2.24) is 9.38 Å². The summed E-state index contributed by atoms with van der Waals surface area (Å²) in [6.07, 6.45) is 4.00. The van der Waals surface area contributed by atoms with E-state index in [9.17, 15) is 19.5 Å². The Hall–Kier alpha value is -3.95. The molecule has 0 atom stereocenters. The number of imidazole rings is 1. The summed E-state index contributed by atoms with van der Waals surface area (Å²) in [5.41, 5.74) is 0.189. The van der Waals surface area contributed by atoms with Gasteiger partial charge in [0.25, 0.3) is 0 Å². The Bertz CT molecular complexity index is 1180. The number of pyridine rings is 1. The van der Waals surface area contributed by atoms with Crippen LogP contribution in [0.25, 0.3) is 17.4 Å². The number of hydrogen-bond acceptors (Lipinski definition) is 8. The van der Waals surface area contributed by atoms with Crippen LogP contribution in [0.1, 0.15) is 36.8 Å². The Balaban J connectivity index is 2.32. The normalized spacial score (nSPS) is 10.7. The molecule has 0 aliphatic rings. The Labute approximate surface area is 177 Å². The van der Waals surface area contributed by atoms with Crippen molar-refractivity contribution in [3.05, 3.63) is 47.4 Å². The SMILES string of the molecule is CCOC(=O)C(=Cc1c2ncc(C(=O)OCC)c([O-])[n+]2c2ccccn12)C(=O)OCC. The molecule has 0 saturated heterocycles. The molecule has 0 unspecified atom stereocenters. The second kappa shape index (κ2) is 9.24. The number of nitrogens with zero attached hydrogens (tertiary/aromatic N) is 3. The minimum Gasteiger partial charge on any atom is -0.847 e. The third-order valence-corrected chi connectivity index (χ3v) is 4.28. The average molecular weight is 427 g/mol. The first-order chi connectivity index (χ1) is 14.9. The molecular weight excluding hydrogens is 406 g/mol. The molecule has 10 heteroatoms. The first kappa shape index (κ1) is 21.8. The highest BCUT2D eigenvalue weighted by Gasteiger charge is 2.27. The van der Waals surface area contributed by atoms with Crippen LogP contribution < -0.4 is 9.51 Å². The van der Waals surface area contributed by atoms with Crippen molar-refractivity contribution in [2.24, 2.45) is 0 Å². The van der Waals surface area contributed by atoms with Crippen LogP contribution in [-0.4, -0.2) is 47.1 Å². The van der Waals surface area contributed by atoms with Gasteiger partial charge in [0.1, 0.15) is 17.3 Å². The molecule has 0 aromatic carbocycles. The monoisotopic (exact) mass is 427 g/mol. The molecule has 3 aromatic rings. The van der Waals surface area contributed by atoms with Gasteiger partial charge in [0.05, 0.1) is 31.9 Å². The van der Waals surface area contributed by atoms with Crippen LogP contribution in [0.4, 0.5) is 0 Å². The Morgan fingerprint density at radius 1 is 1.06 bits per heavy atom. The van der Waals surface area contributed by atoms with Gasteiger partial charge in [0, 0.05) is 12.1 Å². The van der Waals surface area contributed by atoms with Crippen LogP contribution in [0.15, 0.2) is 36.2 Å². The summed E-state index contributed by atoms with van der Waals surface area (Å²) in [6, 6.07) is 5.04. The van der Waals surface area contributed by atoms with Crippen LogP contribution in [0, 0.1) is 0 Å². The molecule has 0 fully saturated rings. The maximum atomic E-state index is 13.0. The zero-order chi connectivity index (χ0) is 22.5. The van der Waals surface area contributed by atoms with E-state index in [1.807, 2.05) is 0 Å². The van der Waals surface area contributed by atoms with Crippen molar-refractivity contribution >= 4 is 35.3 Å². The quantitative estimate of drug-likeness (QED) is 0.136. The van der Waals surface area contributed by atoms with Gasteiger partial charge in [0.2, 0.25) is 5.65 Å². The molecule has 0 N–H and O–H groups in total. The number of aromatic nitrogens is 3. The molecular formula is C21H21N3O7. The molecule has 0 aliphatic heterocycles. The lowest BCUT2D eigenvalue weighted by atomic mass is 10.2. The predicted molar refractivity (Wildman–Crippen MR) is 105 cm³/mol. The Morgan fingerprint density at radius 2 is 1.71 bits per heavy atom. The van der Waals surface area contributed by atoms with E-state index in [-0.39, 0.29) is 42.3 Å². The molecule has 10 nitrogen and oxygen atoms in total. The van der Waals surface area contributed by atoms with Gasteiger partial charge in [0.15, 0.2) is 5.69 Å². The lowest BCUT2D eigenvalue weighted by molar-refractivity contribution is -0.565. The number of fused-ring (bicyclic) bond motifs is 3. The van der Waals surface area contributed by atoms with Gasteiger partial charge in [-0.1, -0.05) is 6.07 Å². The zero-order valence-electron chi connectivity index (χ0n) is 17.3. The maximum Gasteiger partial charge on any atom is 0.345 e. The van der Waals surface area contributed by atoms with Gasteiger partial charge >= 0.3 is 23.6 Å². The fraction of sp³-hybridized carbons (Fsp3) is 0.286. The van der Waals surface area contributed by atoms with Crippen molar-refractivity contribution in [1.29, 1.82) is 0 Å². The van der Waals surface area contributed by atoms with Crippen LogP contribution in [0.3, 0.4) is 0 Å². The highest BCUT2D eigenvalue weighted by Crippen LogP contribution is 2.20. The van der Waals surface area contributed by atoms with Gasteiger partial charge in [-0.15, -0.1) is 4.98 Å². The second-order valence-corrected chi connectivity index (χ2v) is 6.17. The second-order valence-electron chi connectivity index (χ2n) is 6.17. The fourth-order valence-corrected chi connectivity index (χ4v) is 3.01. The maximum absolute atomic E-state index is 13.0. The van der Waals surface area contributed by atoms with Gasteiger partial charge < -0.3 is 19.3 Å². The van der Waals surface area contributed by atoms with Crippen molar-refractivity contribution in [2.45, 2.75) is 20.8 Å². The molecule has 0 saturated carbocycles. The number of hydrogen-bond donors (Lipinski definition) is 0. The van der Waals surface area contributed by atoms with E-state index in [0.717, 1.165) is 6.20 Å². The van der Waals surface area contributed by atoms with Crippen LogP contribution in [-0.2, 0) is 23.8 Å². The van der Waals surface area contributed by atoms with Crippen LogP contribution in [0.5, 0.6) is 5.88 Å². The molecule has 0 spiro atoms. The number of carbonyl (C=O) groups excluding carboxylic acids is 3. The van der Waals surface area contributed by atoms with E-state index in [0.29, 0.717) is 5.65 Å². The number of rotatable bonds is 7. The van der Waals surface area contributed by atoms with E-state index < -0.39 is 23.8 Å². The van der Waals surface area contributed by atoms with Crippen molar-refractivity contribution < 1.29 is 38.1 Å². The van der Waals surface area contributed by atoms with Crippen LogP contribution >= 0.6 is 0 Å². The molecule has 0 amide bonds.